The number of thiophene rings is 1. The molecular weight excluding hydrogens is 384 g/mol. The van der Waals surface area contributed by atoms with Gasteiger partial charge in [0.05, 0.1) is 32.5 Å². The Bertz CT molecular complexity index is 851. The molecule has 1 fully saturated rings. The number of hydrogen-bond donors (Lipinski definition) is 1. The average Bonchev–Trinajstić information content (AvgIpc) is 3.19. The molecule has 0 aliphatic heterocycles. The first kappa shape index (κ1) is 19.7. The first-order valence-corrected chi connectivity index (χ1v) is 10.8. The minimum atomic E-state index is 0.0424. The van der Waals surface area contributed by atoms with E-state index in [1.54, 1.807) is 24.7 Å². The van der Waals surface area contributed by atoms with Crippen molar-refractivity contribution in [3.63, 3.8) is 0 Å². The number of rotatable bonds is 10. The fourth-order valence-electron chi connectivity index (χ4n) is 3.55. The van der Waals surface area contributed by atoms with E-state index < -0.39 is 0 Å². The second kappa shape index (κ2) is 9.29. The van der Waals surface area contributed by atoms with Gasteiger partial charge in [-0.1, -0.05) is 18.2 Å². The lowest BCUT2D eigenvalue weighted by Crippen LogP contribution is -2.39. The first-order valence-electron chi connectivity index (χ1n) is 9.91. The van der Waals surface area contributed by atoms with Crippen LogP contribution in [0.3, 0.4) is 0 Å². The summed E-state index contributed by atoms with van der Waals surface area (Å²) in [5.41, 5.74) is 1.14. The van der Waals surface area contributed by atoms with Crippen LogP contribution in [0.2, 0.25) is 0 Å². The Morgan fingerprint density at radius 3 is 2.66 bits per heavy atom. The molecule has 0 saturated heterocycles. The van der Waals surface area contributed by atoms with Gasteiger partial charge in [-0.05, 0) is 60.0 Å². The van der Waals surface area contributed by atoms with Crippen LogP contribution in [0.4, 0.5) is 0 Å². The van der Waals surface area contributed by atoms with Crippen molar-refractivity contribution in [1.29, 1.82) is 0 Å². The maximum absolute atomic E-state index is 12.9. The van der Waals surface area contributed by atoms with Crippen molar-refractivity contribution in [2.75, 3.05) is 13.7 Å². The summed E-state index contributed by atoms with van der Waals surface area (Å²) in [5, 5.41) is 5.34. The van der Waals surface area contributed by atoms with Crippen molar-refractivity contribution in [2.45, 2.75) is 32.0 Å². The molecule has 0 spiro atoms. The second-order valence-corrected chi connectivity index (χ2v) is 8.49. The highest BCUT2D eigenvalue weighted by molar-refractivity contribution is 7.09. The van der Waals surface area contributed by atoms with Crippen LogP contribution >= 0.6 is 11.3 Å². The molecule has 1 aliphatic carbocycles. The highest BCUT2D eigenvalue weighted by Crippen LogP contribution is 2.41. The van der Waals surface area contributed by atoms with Gasteiger partial charge < -0.3 is 14.5 Å². The maximum Gasteiger partial charge on any atom is 0.234 e. The molecule has 1 aliphatic rings. The Labute approximate surface area is 175 Å². The summed E-state index contributed by atoms with van der Waals surface area (Å²) in [5.74, 6) is 2.25. The van der Waals surface area contributed by atoms with Gasteiger partial charge in [-0.25, -0.2) is 0 Å². The summed E-state index contributed by atoms with van der Waals surface area (Å²) < 4.78 is 10.8. The lowest BCUT2D eigenvalue weighted by molar-refractivity contribution is -0.123. The van der Waals surface area contributed by atoms with Crippen LogP contribution in [0.25, 0.3) is 0 Å². The molecule has 3 aromatic rings. The van der Waals surface area contributed by atoms with Crippen molar-refractivity contribution in [2.24, 2.45) is 5.92 Å². The summed E-state index contributed by atoms with van der Waals surface area (Å²) in [4.78, 5) is 16.3. The van der Waals surface area contributed by atoms with Gasteiger partial charge in [0.1, 0.15) is 11.5 Å². The number of ether oxygens (including phenoxy) is 1. The van der Waals surface area contributed by atoms with Crippen LogP contribution in [0.5, 0.6) is 5.75 Å². The zero-order chi connectivity index (χ0) is 20.1. The Hall–Kier alpha value is -2.57. The predicted molar refractivity (Wildman–Crippen MR) is 114 cm³/mol. The fourth-order valence-corrected chi connectivity index (χ4v) is 4.30. The highest BCUT2D eigenvalue weighted by Gasteiger charge is 2.33. The van der Waals surface area contributed by atoms with Gasteiger partial charge in [0.25, 0.3) is 0 Å². The van der Waals surface area contributed by atoms with E-state index in [1.807, 2.05) is 42.5 Å². The van der Waals surface area contributed by atoms with Crippen LogP contribution < -0.4 is 10.1 Å². The molecular formula is C23H26N2O3S. The molecule has 1 N–H and O–H groups in total. The molecule has 29 heavy (non-hydrogen) atoms. The molecule has 1 saturated carbocycles. The van der Waals surface area contributed by atoms with Crippen LogP contribution in [0, 0.1) is 5.92 Å². The van der Waals surface area contributed by atoms with E-state index in [-0.39, 0.29) is 11.9 Å². The van der Waals surface area contributed by atoms with E-state index >= 15 is 0 Å². The van der Waals surface area contributed by atoms with Crippen LogP contribution in [-0.4, -0.2) is 24.5 Å². The molecule has 2 heterocycles. The molecule has 1 atom stereocenters. The summed E-state index contributed by atoms with van der Waals surface area (Å²) in [6.45, 7) is 1.66. The van der Waals surface area contributed by atoms with Crippen molar-refractivity contribution in [3.8, 4) is 5.75 Å². The quantitative estimate of drug-likeness (QED) is 0.530. The monoisotopic (exact) mass is 410 g/mol. The number of furan rings is 1. The van der Waals surface area contributed by atoms with Gasteiger partial charge in [-0.3, -0.25) is 9.69 Å². The van der Waals surface area contributed by atoms with Crippen molar-refractivity contribution >= 4 is 17.2 Å². The van der Waals surface area contributed by atoms with E-state index in [1.165, 1.54) is 4.88 Å². The third-order valence-corrected chi connectivity index (χ3v) is 6.03. The van der Waals surface area contributed by atoms with Crippen LogP contribution in [-0.2, 0) is 17.9 Å². The van der Waals surface area contributed by atoms with Crippen LogP contribution in [0.15, 0.2) is 64.6 Å². The molecule has 1 amide bonds. The van der Waals surface area contributed by atoms with E-state index in [4.69, 9.17) is 9.15 Å². The molecule has 2 aromatic heterocycles. The van der Waals surface area contributed by atoms with Crippen LogP contribution in [0.1, 0.15) is 35.1 Å². The third kappa shape index (κ3) is 5.49. The number of carbonyl (C=O) groups excluding carboxylic acids is 1. The third-order valence-electron chi connectivity index (χ3n) is 5.17. The Balaban J connectivity index is 1.42. The lowest BCUT2D eigenvalue weighted by Gasteiger charge is -2.23. The lowest BCUT2D eigenvalue weighted by atomic mass is 10.0. The number of hydrogen-bond acceptors (Lipinski definition) is 5. The van der Waals surface area contributed by atoms with Crippen molar-refractivity contribution in [1.82, 2.24) is 10.2 Å². The van der Waals surface area contributed by atoms with Gasteiger partial charge in [-0.15, -0.1) is 11.3 Å². The zero-order valence-electron chi connectivity index (χ0n) is 16.5. The first-order chi connectivity index (χ1) is 14.2. The maximum atomic E-state index is 12.9. The van der Waals surface area contributed by atoms with E-state index in [2.05, 4.69) is 21.7 Å². The van der Waals surface area contributed by atoms with Gasteiger partial charge in [-0.2, -0.15) is 0 Å². The van der Waals surface area contributed by atoms with Gasteiger partial charge in [0.15, 0.2) is 0 Å². The van der Waals surface area contributed by atoms with Crippen molar-refractivity contribution < 1.29 is 13.9 Å². The largest absolute Gasteiger partial charge is 0.497 e. The number of benzene rings is 1. The number of carbonyl (C=O) groups is 1. The Kier molecular flexibility index (Phi) is 6.32. The number of methoxy groups -OCH3 is 1. The zero-order valence-corrected chi connectivity index (χ0v) is 17.4. The summed E-state index contributed by atoms with van der Waals surface area (Å²) >= 11 is 1.70. The number of amides is 1. The summed E-state index contributed by atoms with van der Waals surface area (Å²) in [6.07, 6.45) is 3.98. The molecule has 4 rings (SSSR count). The molecule has 1 aromatic carbocycles. The van der Waals surface area contributed by atoms with E-state index in [0.29, 0.717) is 19.0 Å². The Morgan fingerprint density at radius 2 is 2.03 bits per heavy atom. The van der Waals surface area contributed by atoms with Gasteiger partial charge in [0, 0.05) is 11.4 Å². The highest BCUT2D eigenvalue weighted by atomic mass is 32.1. The minimum Gasteiger partial charge on any atom is -0.497 e. The summed E-state index contributed by atoms with van der Waals surface area (Å²) in [7, 11) is 1.66. The normalized spacial score (nSPS) is 14.7. The van der Waals surface area contributed by atoms with Gasteiger partial charge >= 0.3 is 0 Å². The molecule has 0 radical (unpaired) electrons. The predicted octanol–water partition coefficient (Wildman–Crippen LogP) is 4.62. The SMILES string of the molecule is COc1ccc(C(NC(=O)CN(Cc2ccco2)Cc2cccs2)C2CC2)cc1. The fraction of sp³-hybridized carbons (Fsp3) is 0.348. The second-order valence-electron chi connectivity index (χ2n) is 7.46. The van der Waals surface area contributed by atoms with E-state index in [0.717, 1.165) is 36.5 Å². The minimum absolute atomic E-state index is 0.0424. The molecule has 6 heteroatoms. The standard InChI is InChI=1S/C23H26N2O3S/c1-27-19-10-8-18(9-11-19)23(17-6-7-17)24-22(26)16-25(14-20-4-2-12-28-20)15-21-5-3-13-29-21/h2-5,8-13,17,23H,6-7,14-16H2,1H3,(H,24,26). The number of nitrogens with one attached hydrogen (secondary N) is 1. The topological polar surface area (TPSA) is 54.7 Å². The smallest absolute Gasteiger partial charge is 0.234 e. The molecule has 1 unspecified atom stereocenters. The average molecular weight is 411 g/mol. The van der Waals surface area contributed by atoms with E-state index in [9.17, 15) is 4.79 Å². The number of nitrogens with zero attached hydrogens (tertiary/aromatic N) is 1. The van der Waals surface area contributed by atoms with Crippen molar-refractivity contribution in [3.05, 3.63) is 76.4 Å². The summed E-state index contributed by atoms with van der Waals surface area (Å²) in [6, 6.07) is 16.0. The molecule has 0 bridgehead atoms. The Morgan fingerprint density at radius 1 is 1.21 bits per heavy atom. The molecule has 152 valence electrons. The van der Waals surface area contributed by atoms with Gasteiger partial charge in [0.2, 0.25) is 5.91 Å². The molecule has 5 nitrogen and oxygen atoms in total.